The Morgan fingerprint density at radius 2 is 2.05 bits per heavy atom. The number of hydrogen-bond donors (Lipinski definition) is 1. The first-order valence-corrected chi connectivity index (χ1v) is 8.23. The van der Waals surface area contributed by atoms with Crippen molar-refractivity contribution in [3.05, 3.63) is 17.8 Å². The van der Waals surface area contributed by atoms with Crippen LogP contribution in [0.2, 0.25) is 0 Å². The number of ether oxygens (including phenoxy) is 1. The van der Waals surface area contributed by atoms with Gasteiger partial charge in [0.2, 0.25) is 5.88 Å². The molecule has 0 bridgehead atoms. The molecule has 1 N–H and O–H groups in total. The fourth-order valence-corrected chi connectivity index (χ4v) is 3.56. The molecule has 2 atom stereocenters. The Kier molecular flexibility index (Phi) is 4.16. The molecule has 2 saturated carbocycles. The maximum absolute atomic E-state index is 6.06. The molecule has 0 aromatic carbocycles. The first-order valence-electron chi connectivity index (χ1n) is 8.23. The molecular weight excluding hydrogens is 262 g/mol. The molecule has 4 heteroatoms. The number of aromatic nitrogens is 2. The van der Waals surface area contributed by atoms with Crippen LogP contribution in [0.4, 0.5) is 0 Å². The zero-order valence-electron chi connectivity index (χ0n) is 13.4. The van der Waals surface area contributed by atoms with E-state index < -0.39 is 0 Å². The summed E-state index contributed by atoms with van der Waals surface area (Å²) in [4.78, 5) is 0. The number of nitrogens with one attached hydrogen (secondary N) is 1. The second kappa shape index (κ2) is 5.91. The molecule has 2 aliphatic carbocycles. The molecule has 4 nitrogen and oxygen atoms in total. The Balaban J connectivity index is 1.54. The van der Waals surface area contributed by atoms with E-state index >= 15 is 0 Å². The number of rotatable bonds is 5. The van der Waals surface area contributed by atoms with Crippen molar-refractivity contribution in [2.75, 3.05) is 0 Å². The topological polar surface area (TPSA) is 47.0 Å². The van der Waals surface area contributed by atoms with Crippen LogP contribution in [0.25, 0.3) is 0 Å². The number of nitrogens with zero attached hydrogens (tertiary/aromatic N) is 2. The van der Waals surface area contributed by atoms with E-state index in [0.29, 0.717) is 23.3 Å². The average molecular weight is 289 g/mol. The lowest BCUT2D eigenvalue weighted by atomic mass is 9.71. The fraction of sp³-hybridized carbons (Fsp3) is 0.765. The van der Waals surface area contributed by atoms with Gasteiger partial charge in [-0.2, -0.15) is 5.10 Å². The van der Waals surface area contributed by atoms with Crippen LogP contribution in [-0.4, -0.2) is 22.3 Å². The van der Waals surface area contributed by atoms with Crippen molar-refractivity contribution in [3.8, 4) is 5.88 Å². The van der Waals surface area contributed by atoms with Gasteiger partial charge in [-0.15, -0.1) is 5.10 Å². The van der Waals surface area contributed by atoms with Gasteiger partial charge in [0.1, 0.15) is 6.10 Å². The van der Waals surface area contributed by atoms with Gasteiger partial charge in [0.05, 0.1) is 5.69 Å². The quantitative estimate of drug-likeness (QED) is 0.903. The lowest BCUT2D eigenvalue weighted by Gasteiger charge is -2.38. The smallest absolute Gasteiger partial charge is 0.233 e. The van der Waals surface area contributed by atoms with Crippen molar-refractivity contribution in [2.24, 2.45) is 11.3 Å². The fourth-order valence-electron chi connectivity index (χ4n) is 3.56. The van der Waals surface area contributed by atoms with Gasteiger partial charge in [-0.3, -0.25) is 0 Å². The third-order valence-electron chi connectivity index (χ3n) is 4.48. The highest BCUT2D eigenvalue weighted by Gasteiger charge is 2.33. The van der Waals surface area contributed by atoms with Crippen LogP contribution in [0.3, 0.4) is 0 Å². The van der Waals surface area contributed by atoms with Crippen molar-refractivity contribution in [2.45, 2.75) is 71.6 Å². The standard InChI is InChI=1S/C17H27N3O/c1-12-8-15(10-17(2,3)9-12)21-16-7-6-14(19-20-16)11-18-13-4-5-13/h6-7,12-13,15,18H,4-5,8-11H2,1-3H3. The Labute approximate surface area is 127 Å². The molecule has 0 amide bonds. The van der Waals surface area contributed by atoms with Gasteiger partial charge < -0.3 is 10.1 Å². The average Bonchev–Trinajstić information content (AvgIpc) is 3.19. The van der Waals surface area contributed by atoms with Crippen LogP contribution in [0.15, 0.2) is 12.1 Å². The van der Waals surface area contributed by atoms with E-state index in [1.165, 1.54) is 19.3 Å². The molecule has 2 fully saturated rings. The summed E-state index contributed by atoms with van der Waals surface area (Å²) in [6.07, 6.45) is 6.37. The Hall–Kier alpha value is -1.16. The third kappa shape index (κ3) is 4.40. The first kappa shape index (κ1) is 14.8. The Morgan fingerprint density at radius 1 is 1.24 bits per heavy atom. The summed E-state index contributed by atoms with van der Waals surface area (Å²) in [5.41, 5.74) is 1.36. The van der Waals surface area contributed by atoms with Crippen LogP contribution in [0.5, 0.6) is 5.88 Å². The molecule has 21 heavy (non-hydrogen) atoms. The summed E-state index contributed by atoms with van der Waals surface area (Å²) < 4.78 is 6.06. The highest BCUT2D eigenvalue weighted by Crippen LogP contribution is 2.39. The molecule has 0 aliphatic heterocycles. The maximum Gasteiger partial charge on any atom is 0.233 e. The van der Waals surface area contributed by atoms with Crippen LogP contribution < -0.4 is 10.1 Å². The summed E-state index contributed by atoms with van der Waals surface area (Å²) in [6, 6.07) is 4.69. The predicted octanol–water partition coefficient (Wildman–Crippen LogP) is 3.32. The normalized spacial score (nSPS) is 28.3. The highest BCUT2D eigenvalue weighted by molar-refractivity contribution is 5.12. The molecule has 0 spiro atoms. The predicted molar refractivity (Wildman–Crippen MR) is 83.1 cm³/mol. The Morgan fingerprint density at radius 3 is 2.67 bits per heavy atom. The third-order valence-corrected chi connectivity index (χ3v) is 4.48. The molecule has 2 aliphatic rings. The van der Waals surface area contributed by atoms with Gasteiger partial charge in [0.15, 0.2) is 0 Å². The van der Waals surface area contributed by atoms with Crippen LogP contribution in [0, 0.1) is 11.3 Å². The van der Waals surface area contributed by atoms with E-state index in [4.69, 9.17) is 4.74 Å². The highest BCUT2D eigenvalue weighted by atomic mass is 16.5. The van der Waals surface area contributed by atoms with Crippen LogP contribution >= 0.6 is 0 Å². The molecule has 1 aromatic heterocycles. The van der Waals surface area contributed by atoms with Crippen molar-refractivity contribution in [3.63, 3.8) is 0 Å². The van der Waals surface area contributed by atoms with E-state index in [1.54, 1.807) is 0 Å². The van der Waals surface area contributed by atoms with Gasteiger partial charge in [-0.1, -0.05) is 20.8 Å². The molecule has 1 aromatic rings. The van der Waals surface area contributed by atoms with Gasteiger partial charge in [0.25, 0.3) is 0 Å². The van der Waals surface area contributed by atoms with Gasteiger partial charge in [0, 0.05) is 18.7 Å². The molecule has 116 valence electrons. The van der Waals surface area contributed by atoms with E-state index in [9.17, 15) is 0 Å². The monoisotopic (exact) mass is 289 g/mol. The molecule has 0 radical (unpaired) electrons. The Bertz CT molecular complexity index is 467. The summed E-state index contributed by atoms with van der Waals surface area (Å²) in [6.45, 7) is 7.79. The van der Waals surface area contributed by atoms with Crippen molar-refractivity contribution in [1.82, 2.24) is 15.5 Å². The van der Waals surface area contributed by atoms with Crippen molar-refractivity contribution < 1.29 is 4.74 Å². The first-order chi connectivity index (χ1) is 10.00. The summed E-state index contributed by atoms with van der Waals surface area (Å²) >= 11 is 0. The van der Waals surface area contributed by atoms with Crippen molar-refractivity contribution in [1.29, 1.82) is 0 Å². The minimum Gasteiger partial charge on any atom is -0.473 e. The minimum atomic E-state index is 0.272. The zero-order chi connectivity index (χ0) is 14.9. The second-order valence-corrected chi connectivity index (χ2v) is 7.67. The second-order valence-electron chi connectivity index (χ2n) is 7.67. The molecule has 0 saturated heterocycles. The van der Waals surface area contributed by atoms with Gasteiger partial charge in [-0.05, 0) is 49.5 Å². The van der Waals surface area contributed by atoms with Crippen molar-refractivity contribution >= 4 is 0 Å². The van der Waals surface area contributed by atoms with Gasteiger partial charge >= 0.3 is 0 Å². The lowest BCUT2D eigenvalue weighted by Crippen LogP contribution is -2.34. The molecule has 2 unspecified atom stereocenters. The van der Waals surface area contributed by atoms with Crippen LogP contribution in [0.1, 0.15) is 58.6 Å². The summed E-state index contributed by atoms with van der Waals surface area (Å²) in [5, 5.41) is 11.9. The summed E-state index contributed by atoms with van der Waals surface area (Å²) in [5.74, 6) is 1.38. The SMILES string of the molecule is CC1CC(Oc2ccc(CNC3CC3)nn2)CC(C)(C)C1. The van der Waals surface area contributed by atoms with Crippen LogP contribution in [-0.2, 0) is 6.54 Å². The van der Waals surface area contributed by atoms with E-state index in [2.05, 4.69) is 36.3 Å². The van der Waals surface area contributed by atoms with E-state index in [-0.39, 0.29) is 6.10 Å². The summed E-state index contributed by atoms with van der Waals surface area (Å²) in [7, 11) is 0. The van der Waals surface area contributed by atoms with E-state index in [1.807, 2.05) is 12.1 Å². The number of hydrogen-bond acceptors (Lipinski definition) is 4. The molecule has 3 rings (SSSR count). The maximum atomic E-state index is 6.06. The molecular formula is C17H27N3O. The zero-order valence-corrected chi connectivity index (χ0v) is 13.4. The molecule has 1 heterocycles. The lowest BCUT2D eigenvalue weighted by molar-refractivity contribution is 0.0525. The minimum absolute atomic E-state index is 0.272. The largest absolute Gasteiger partial charge is 0.473 e. The van der Waals surface area contributed by atoms with E-state index in [0.717, 1.165) is 25.1 Å². The van der Waals surface area contributed by atoms with Gasteiger partial charge in [-0.25, -0.2) is 0 Å².